The number of halogens is 1. The number of carbonyl (C=O) groups is 2. The summed E-state index contributed by atoms with van der Waals surface area (Å²) in [5.74, 6) is -0.791. The first kappa shape index (κ1) is 20.5. The van der Waals surface area contributed by atoms with Crippen LogP contribution in [0.25, 0.3) is 5.76 Å². The highest BCUT2D eigenvalue weighted by Crippen LogP contribution is 2.41. The molecule has 29 heavy (non-hydrogen) atoms. The molecule has 1 unspecified atom stereocenters. The minimum atomic E-state index is -0.802. The number of ether oxygens (including phenoxy) is 2. The Balaban J connectivity index is 2.21. The van der Waals surface area contributed by atoms with Crippen LogP contribution in [0, 0.1) is 0 Å². The van der Waals surface area contributed by atoms with Gasteiger partial charge in [-0.25, -0.2) is 0 Å². The van der Waals surface area contributed by atoms with Gasteiger partial charge < -0.3 is 19.5 Å². The molecule has 6 nitrogen and oxygen atoms in total. The number of Topliss-reactive ketones (excluding diaryl/α,β-unsaturated/α-hetero) is 1. The first-order valence-corrected chi connectivity index (χ1v) is 9.17. The largest absolute Gasteiger partial charge is 0.507 e. The summed E-state index contributed by atoms with van der Waals surface area (Å²) in [4.78, 5) is 26.8. The Morgan fingerprint density at radius 1 is 1.14 bits per heavy atom. The predicted molar refractivity (Wildman–Crippen MR) is 110 cm³/mol. The highest BCUT2D eigenvalue weighted by atomic mass is 35.5. The molecule has 0 saturated carbocycles. The number of hydrogen-bond donors (Lipinski definition) is 1. The molecule has 0 spiro atoms. The number of carbonyl (C=O) groups excluding carboxylic acids is 2. The Kier molecular flexibility index (Phi) is 5.94. The third-order valence-corrected chi connectivity index (χ3v) is 4.96. The molecular formula is C22H20ClNO5. The molecule has 3 rings (SSSR count). The van der Waals surface area contributed by atoms with Crippen LogP contribution in [0.1, 0.15) is 17.2 Å². The number of ketones is 1. The molecule has 1 fully saturated rings. The number of aliphatic hydroxyl groups is 1. The number of hydrogen-bond acceptors (Lipinski definition) is 5. The van der Waals surface area contributed by atoms with Crippen molar-refractivity contribution in [1.82, 2.24) is 4.90 Å². The lowest BCUT2D eigenvalue weighted by Crippen LogP contribution is -2.29. The maximum absolute atomic E-state index is 12.8. The summed E-state index contributed by atoms with van der Waals surface area (Å²) >= 11 is 5.91. The zero-order valence-corrected chi connectivity index (χ0v) is 16.8. The van der Waals surface area contributed by atoms with E-state index in [2.05, 4.69) is 6.58 Å². The normalized spacial score (nSPS) is 18.0. The maximum atomic E-state index is 12.8. The van der Waals surface area contributed by atoms with Gasteiger partial charge in [0.25, 0.3) is 11.7 Å². The molecule has 150 valence electrons. The molecule has 0 bridgehead atoms. The van der Waals surface area contributed by atoms with Gasteiger partial charge in [-0.3, -0.25) is 9.59 Å². The molecule has 7 heteroatoms. The van der Waals surface area contributed by atoms with Crippen molar-refractivity contribution in [1.29, 1.82) is 0 Å². The molecule has 0 radical (unpaired) electrons. The lowest BCUT2D eigenvalue weighted by molar-refractivity contribution is -0.139. The summed E-state index contributed by atoms with van der Waals surface area (Å²) < 4.78 is 10.6. The van der Waals surface area contributed by atoms with Gasteiger partial charge in [-0.15, -0.1) is 6.58 Å². The summed E-state index contributed by atoms with van der Waals surface area (Å²) in [5, 5.41) is 11.4. The van der Waals surface area contributed by atoms with Gasteiger partial charge in [-0.1, -0.05) is 23.7 Å². The predicted octanol–water partition coefficient (Wildman–Crippen LogP) is 3.96. The van der Waals surface area contributed by atoms with Crippen LogP contribution in [0.15, 0.2) is 60.7 Å². The van der Waals surface area contributed by atoms with Crippen LogP contribution in [-0.4, -0.2) is 42.5 Å². The van der Waals surface area contributed by atoms with E-state index in [1.54, 1.807) is 42.5 Å². The van der Waals surface area contributed by atoms with Gasteiger partial charge in [0, 0.05) is 17.1 Å². The monoisotopic (exact) mass is 413 g/mol. The number of benzene rings is 2. The SMILES string of the molecule is C=CCN1C(=O)C(=O)C(=C(O)c2ccc(Cl)cc2)C1c1ccc(OC)c(OC)c1. The Morgan fingerprint density at radius 3 is 2.38 bits per heavy atom. The molecule has 1 N–H and O–H groups in total. The topological polar surface area (TPSA) is 76.1 Å². The van der Waals surface area contributed by atoms with Gasteiger partial charge in [0.15, 0.2) is 11.5 Å². The van der Waals surface area contributed by atoms with Gasteiger partial charge in [-0.05, 0) is 42.0 Å². The van der Waals surface area contributed by atoms with Crippen LogP contribution in [0.2, 0.25) is 5.02 Å². The summed E-state index contributed by atoms with van der Waals surface area (Å²) in [5.41, 5.74) is 0.974. The van der Waals surface area contributed by atoms with E-state index in [0.29, 0.717) is 27.6 Å². The molecule has 1 aliphatic rings. The van der Waals surface area contributed by atoms with E-state index in [1.807, 2.05) is 0 Å². The second kappa shape index (κ2) is 8.41. The summed E-state index contributed by atoms with van der Waals surface area (Å²) in [6, 6.07) is 10.7. The number of likely N-dealkylation sites (tertiary alicyclic amines) is 1. The fraction of sp³-hybridized carbons (Fsp3) is 0.182. The van der Waals surface area contributed by atoms with Crippen LogP contribution in [0.5, 0.6) is 11.5 Å². The third kappa shape index (κ3) is 3.71. The minimum absolute atomic E-state index is 0.00797. The smallest absolute Gasteiger partial charge is 0.295 e. The second-order valence-corrected chi connectivity index (χ2v) is 6.80. The fourth-order valence-corrected chi connectivity index (χ4v) is 3.47. The molecule has 0 aromatic heterocycles. The van der Waals surface area contributed by atoms with Crippen molar-refractivity contribution >= 4 is 29.1 Å². The standard InChI is InChI=1S/C22H20ClNO5/c1-4-11-24-19(14-7-10-16(28-2)17(12-14)29-3)18(21(26)22(24)27)20(25)13-5-8-15(23)9-6-13/h4-10,12,19,25H,1,11H2,2-3H3. The van der Waals surface area contributed by atoms with E-state index < -0.39 is 17.7 Å². The van der Waals surface area contributed by atoms with E-state index in [-0.39, 0.29) is 17.9 Å². The molecule has 1 amide bonds. The highest BCUT2D eigenvalue weighted by molar-refractivity contribution is 6.46. The van der Waals surface area contributed by atoms with E-state index in [9.17, 15) is 14.7 Å². The first-order valence-electron chi connectivity index (χ1n) is 8.80. The van der Waals surface area contributed by atoms with Crippen LogP contribution in [-0.2, 0) is 9.59 Å². The average Bonchev–Trinajstić information content (AvgIpc) is 2.98. The fourth-order valence-electron chi connectivity index (χ4n) is 3.34. The van der Waals surface area contributed by atoms with Crippen LogP contribution >= 0.6 is 11.6 Å². The molecule has 0 aliphatic carbocycles. The average molecular weight is 414 g/mol. The molecule has 1 aliphatic heterocycles. The lowest BCUT2D eigenvalue weighted by Gasteiger charge is -2.24. The van der Waals surface area contributed by atoms with E-state index >= 15 is 0 Å². The van der Waals surface area contributed by atoms with Gasteiger partial charge in [-0.2, -0.15) is 0 Å². The molecule has 2 aromatic carbocycles. The maximum Gasteiger partial charge on any atom is 0.295 e. The number of rotatable bonds is 6. The lowest BCUT2D eigenvalue weighted by atomic mass is 9.95. The summed E-state index contributed by atoms with van der Waals surface area (Å²) in [6.45, 7) is 3.81. The van der Waals surface area contributed by atoms with Gasteiger partial charge in [0.05, 0.1) is 25.8 Å². The van der Waals surface area contributed by atoms with E-state index in [4.69, 9.17) is 21.1 Å². The van der Waals surface area contributed by atoms with Crippen molar-refractivity contribution in [2.75, 3.05) is 20.8 Å². The van der Waals surface area contributed by atoms with Crippen LogP contribution < -0.4 is 9.47 Å². The van der Waals surface area contributed by atoms with Crippen molar-refractivity contribution in [3.05, 3.63) is 76.8 Å². The quantitative estimate of drug-likeness (QED) is 0.335. The second-order valence-electron chi connectivity index (χ2n) is 6.36. The summed E-state index contributed by atoms with van der Waals surface area (Å²) in [6.07, 6.45) is 1.53. The first-order chi connectivity index (χ1) is 13.9. The van der Waals surface area contributed by atoms with Crippen molar-refractivity contribution in [3.8, 4) is 11.5 Å². The molecule has 1 atom stereocenters. The Morgan fingerprint density at radius 2 is 1.79 bits per heavy atom. The molecule has 1 heterocycles. The summed E-state index contributed by atoms with van der Waals surface area (Å²) in [7, 11) is 3.01. The number of methoxy groups -OCH3 is 2. The van der Waals surface area contributed by atoms with Gasteiger partial charge in [0.2, 0.25) is 0 Å². The Labute approximate surface area is 173 Å². The van der Waals surface area contributed by atoms with Crippen molar-refractivity contribution in [3.63, 3.8) is 0 Å². The van der Waals surface area contributed by atoms with E-state index in [1.165, 1.54) is 25.2 Å². The van der Waals surface area contributed by atoms with Crippen LogP contribution in [0.4, 0.5) is 0 Å². The number of amides is 1. The number of nitrogens with zero attached hydrogens (tertiary/aromatic N) is 1. The zero-order valence-electron chi connectivity index (χ0n) is 16.0. The third-order valence-electron chi connectivity index (χ3n) is 4.71. The molecule has 2 aromatic rings. The zero-order chi connectivity index (χ0) is 21.1. The molecule has 1 saturated heterocycles. The Hall–Kier alpha value is -3.25. The van der Waals surface area contributed by atoms with Crippen molar-refractivity contribution in [2.24, 2.45) is 0 Å². The Bertz CT molecular complexity index is 997. The van der Waals surface area contributed by atoms with Gasteiger partial charge >= 0.3 is 0 Å². The van der Waals surface area contributed by atoms with Crippen molar-refractivity contribution in [2.45, 2.75) is 6.04 Å². The van der Waals surface area contributed by atoms with Crippen molar-refractivity contribution < 1.29 is 24.2 Å². The van der Waals surface area contributed by atoms with Crippen LogP contribution in [0.3, 0.4) is 0 Å². The molecular weight excluding hydrogens is 394 g/mol. The highest BCUT2D eigenvalue weighted by Gasteiger charge is 2.45. The van der Waals surface area contributed by atoms with Gasteiger partial charge in [0.1, 0.15) is 5.76 Å². The number of aliphatic hydroxyl groups excluding tert-OH is 1. The van der Waals surface area contributed by atoms with E-state index in [0.717, 1.165) is 0 Å². The minimum Gasteiger partial charge on any atom is -0.507 e.